The van der Waals surface area contributed by atoms with Crippen LogP contribution in [-0.4, -0.2) is 11.4 Å². The highest BCUT2D eigenvalue weighted by molar-refractivity contribution is 5.92. The van der Waals surface area contributed by atoms with Crippen LogP contribution < -0.4 is 11.1 Å². The number of nitrogens with one attached hydrogen (secondary N) is 1. The zero-order chi connectivity index (χ0) is 13.9. The van der Waals surface area contributed by atoms with Crippen molar-refractivity contribution in [2.75, 3.05) is 5.32 Å². The second-order valence-corrected chi connectivity index (χ2v) is 5.97. The van der Waals surface area contributed by atoms with Crippen molar-refractivity contribution < 1.29 is 4.79 Å². The Morgan fingerprint density at radius 1 is 1.26 bits per heavy atom. The summed E-state index contributed by atoms with van der Waals surface area (Å²) in [4.78, 5) is 12.1. The Morgan fingerprint density at radius 2 is 1.95 bits per heavy atom. The normalized spacial score (nSPS) is 18.1. The Morgan fingerprint density at radius 3 is 2.58 bits per heavy atom. The maximum absolute atomic E-state index is 12.1. The molecule has 1 aliphatic carbocycles. The largest absolute Gasteiger partial charge is 0.326 e. The highest BCUT2D eigenvalue weighted by Gasteiger charge is 2.30. The van der Waals surface area contributed by atoms with Crippen molar-refractivity contribution in [3.05, 3.63) is 29.3 Å². The minimum atomic E-state index is -0.291. The Balaban J connectivity index is 1.97. The fraction of sp³-hybridized carbons (Fsp3) is 0.562. The molecule has 1 aromatic carbocycles. The topological polar surface area (TPSA) is 55.1 Å². The number of benzene rings is 1. The van der Waals surface area contributed by atoms with Crippen LogP contribution in [0.25, 0.3) is 0 Å². The van der Waals surface area contributed by atoms with E-state index in [2.05, 4.69) is 18.3 Å². The molecule has 0 atom stereocenters. The lowest BCUT2D eigenvalue weighted by Gasteiger charge is -2.32. The Labute approximate surface area is 115 Å². The van der Waals surface area contributed by atoms with Gasteiger partial charge in [0.15, 0.2) is 0 Å². The van der Waals surface area contributed by atoms with E-state index in [0.29, 0.717) is 6.42 Å². The van der Waals surface area contributed by atoms with Crippen molar-refractivity contribution >= 4 is 11.6 Å². The van der Waals surface area contributed by atoms with Crippen molar-refractivity contribution in [2.45, 2.75) is 57.9 Å². The van der Waals surface area contributed by atoms with Crippen LogP contribution in [0.4, 0.5) is 5.69 Å². The van der Waals surface area contributed by atoms with E-state index in [1.165, 1.54) is 12.0 Å². The molecule has 3 N–H and O–H groups in total. The molecule has 3 nitrogen and oxygen atoms in total. The SMILES string of the molecule is Cc1ccc(NC(=O)CC2(N)CCCCC2)c(C)c1. The molecule has 0 unspecified atom stereocenters. The van der Waals surface area contributed by atoms with Gasteiger partial charge in [0.2, 0.25) is 5.91 Å². The Hall–Kier alpha value is -1.35. The average molecular weight is 260 g/mol. The molecule has 1 fully saturated rings. The molecule has 19 heavy (non-hydrogen) atoms. The first-order valence-electron chi connectivity index (χ1n) is 7.15. The first-order chi connectivity index (χ1) is 8.98. The fourth-order valence-electron chi connectivity index (χ4n) is 2.90. The van der Waals surface area contributed by atoms with Crippen molar-refractivity contribution in [2.24, 2.45) is 5.73 Å². The number of nitrogens with two attached hydrogens (primary N) is 1. The first-order valence-corrected chi connectivity index (χ1v) is 7.15. The molecule has 0 spiro atoms. The molecule has 0 saturated heterocycles. The zero-order valence-corrected chi connectivity index (χ0v) is 12.0. The molecule has 0 aliphatic heterocycles. The molecule has 0 aromatic heterocycles. The number of rotatable bonds is 3. The van der Waals surface area contributed by atoms with Crippen LogP contribution in [0, 0.1) is 13.8 Å². The summed E-state index contributed by atoms with van der Waals surface area (Å²) in [5.74, 6) is 0.0383. The minimum Gasteiger partial charge on any atom is -0.326 e. The van der Waals surface area contributed by atoms with Crippen LogP contribution >= 0.6 is 0 Å². The van der Waals surface area contributed by atoms with E-state index in [1.807, 2.05) is 19.1 Å². The third-order valence-electron chi connectivity index (χ3n) is 4.02. The van der Waals surface area contributed by atoms with Gasteiger partial charge in [0, 0.05) is 17.6 Å². The van der Waals surface area contributed by atoms with Crippen molar-refractivity contribution in [1.29, 1.82) is 0 Å². The quantitative estimate of drug-likeness (QED) is 0.876. The molecule has 0 heterocycles. The molecular formula is C16H24N2O. The Kier molecular flexibility index (Phi) is 4.25. The van der Waals surface area contributed by atoms with Crippen LogP contribution in [0.5, 0.6) is 0 Å². The Bertz CT molecular complexity index is 462. The molecule has 3 heteroatoms. The van der Waals surface area contributed by atoms with Crippen LogP contribution in [0.2, 0.25) is 0 Å². The summed E-state index contributed by atoms with van der Waals surface area (Å²) in [5.41, 5.74) is 9.23. The van der Waals surface area contributed by atoms with E-state index in [9.17, 15) is 4.79 Å². The number of carbonyl (C=O) groups excluding carboxylic acids is 1. The van der Waals surface area contributed by atoms with Gasteiger partial charge in [-0.15, -0.1) is 0 Å². The van der Waals surface area contributed by atoms with Gasteiger partial charge in [-0.2, -0.15) is 0 Å². The third-order valence-corrected chi connectivity index (χ3v) is 4.02. The number of anilines is 1. The number of aryl methyl sites for hydroxylation is 2. The van der Waals surface area contributed by atoms with Gasteiger partial charge in [-0.25, -0.2) is 0 Å². The van der Waals surface area contributed by atoms with E-state index in [4.69, 9.17) is 5.73 Å². The lowest BCUT2D eigenvalue weighted by Crippen LogP contribution is -2.44. The van der Waals surface area contributed by atoms with Gasteiger partial charge in [0.25, 0.3) is 0 Å². The van der Waals surface area contributed by atoms with E-state index in [0.717, 1.165) is 36.9 Å². The minimum absolute atomic E-state index is 0.0383. The monoisotopic (exact) mass is 260 g/mol. The van der Waals surface area contributed by atoms with Crippen LogP contribution in [0.15, 0.2) is 18.2 Å². The molecule has 1 saturated carbocycles. The van der Waals surface area contributed by atoms with E-state index in [1.54, 1.807) is 0 Å². The predicted molar refractivity (Wildman–Crippen MR) is 79.2 cm³/mol. The van der Waals surface area contributed by atoms with Gasteiger partial charge in [-0.1, -0.05) is 37.0 Å². The van der Waals surface area contributed by atoms with Gasteiger partial charge < -0.3 is 11.1 Å². The molecular weight excluding hydrogens is 236 g/mol. The molecule has 1 amide bonds. The van der Waals surface area contributed by atoms with Gasteiger partial charge >= 0.3 is 0 Å². The first kappa shape index (κ1) is 14.1. The van der Waals surface area contributed by atoms with Gasteiger partial charge in [-0.3, -0.25) is 4.79 Å². The highest BCUT2D eigenvalue weighted by Crippen LogP contribution is 2.29. The number of amides is 1. The van der Waals surface area contributed by atoms with Crippen molar-refractivity contribution in [3.63, 3.8) is 0 Å². The molecule has 2 rings (SSSR count). The maximum Gasteiger partial charge on any atom is 0.226 e. The lowest BCUT2D eigenvalue weighted by molar-refractivity contribution is -0.117. The number of carbonyl (C=O) groups is 1. The summed E-state index contributed by atoms with van der Waals surface area (Å²) in [5, 5.41) is 2.99. The highest BCUT2D eigenvalue weighted by atomic mass is 16.1. The standard InChI is InChI=1S/C16H24N2O/c1-12-6-7-14(13(2)10-12)18-15(19)11-16(17)8-4-3-5-9-16/h6-7,10H,3-5,8-9,11,17H2,1-2H3,(H,18,19). The van der Waals surface area contributed by atoms with Crippen LogP contribution in [-0.2, 0) is 4.79 Å². The van der Waals surface area contributed by atoms with Gasteiger partial charge in [0.05, 0.1) is 0 Å². The predicted octanol–water partition coefficient (Wildman–Crippen LogP) is 3.29. The summed E-state index contributed by atoms with van der Waals surface area (Å²) < 4.78 is 0. The second kappa shape index (κ2) is 5.74. The number of hydrogen-bond donors (Lipinski definition) is 2. The second-order valence-electron chi connectivity index (χ2n) is 5.97. The summed E-state index contributed by atoms with van der Waals surface area (Å²) in [6.07, 6.45) is 5.90. The van der Waals surface area contributed by atoms with Crippen molar-refractivity contribution in [3.8, 4) is 0 Å². The van der Waals surface area contributed by atoms with E-state index < -0.39 is 0 Å². The maximum atomic E-state index is 12.1. The van der Waals surface area contributed by atoms with E-state index >= 15 is 0 Å². The zero-order valence-electron chi connectivity index (χ0n) is 12.0. The van der Waals surface area contributed by atoms with E-state index in [-0.39, 0.29) is 11.4 Å². The van der Waals surface area contributed by atoms with Crippen molar-refractivity contribution in [1.82, 2.24) is 0 Å². The summed E-state index contributed by atoms with van der Waals surface area (Å²) in [7, 11) is 0. The summed E-state index contributed by atoms with van der Waals surface area (Å²) in [6.45, 7) is 4.07. The molecule has 1 aromatic rings. The summed E-state index contributed by atoms with van der Waals surface area (Å²) >= 11 is 0. The third kappa shape index (κ3) is 3.80. The van der Waals surface area contributed by atoms with Crippen LogP contribution in [0.1, 0.15) is 49.7 Å². The molecule has 0 bridgehead atoms. The van der Waals surface area contributed by atoms with Gasteiger partial charge in [-0.05, 0) is 38.3 Å². The summed E-state index contributed by atoms with van der Waals surface area (Å²) in [6, 6.07) is 6.06. The smallest absolute Gasteiger partial charge is 0.226 e. The van der Waals surface area contributed by atoms with Crippen LogP contribution in [0.3, 0.4) is 0 Å². The molecule has 1 aliphatic rings. The molecule has 0 radical (unpaired) electrons. The fourth-order valence-corrected chi connectivity index (χ4v) is 2.90. The lowest BCUT2D eigenvalue weighted by atomic mass is 9.80. The molecule has 104 valence electrons. The average Bonchev–Trinajstić information content (AvgIpc) is 2.33. The number of hydrogen-bond acceptors (Lipinski definition) is 2. The van der Waals surface area contributed by atoms with Gasteiger partial charge in [0.1, 0.15) is 0 Å².